The smallest absolute Gasteiger partial charge is 0.238 e. The van der Waals surface area contributed by atoms with Crippen LogP contribution in [0.15, 0.2) is 462 Å². The number of fused-ring (bicyclic) bond motifs is 19. The van der Waals surface area contributed by atoms with E-state index < -0.39 is 0 Å². The number of hydrogen-bond donors (Lipinski definition) is 0. The third-order valence-electron chi connectivity index (χ3n) is 25.7. The maximum absolute atomic E-state index is 5.08. The van der Waals surface area contributed by atoms with Gasteiger partial charge in [-0.2, -0.15) is 9.97 Å². The summed E-state index contributed by atoms with van der Waals surface area (Å²) in [7, 11) is 0. The molecule has 0 bridgehead atoms. The van der Waals surface area contributed by atoms with Crippen LogP contribution in [0.5, 0.6) is 0 Å². The van der Waals surface area contributed by atoms with Crippen molar-refractivity contribution in [2.45, 2.75) is 0 Å². The minimum Gasteiger partial charge on any atom is -0.309 e. The van der Waals surface area contributed by atoms with Crippen LogP contribution in [0.1, 0.15) is 0 Å². The summed E-state index contributed by atoms with van der Waals surface area (Å²) < 4.78 is 13.9. The highest BCUT2D eigenvalue weighted by Gasteiger charge is 2.24. The molecule has 10 aromatic heterocycles. The van der Waals surface area contributed by atoms with Crippen molar-refractivity contribution in [2.75, 3.05) is 0 Å². The first-order valence-electron chi connectivity index (χ1n) is 43.8. The summed E-state index contributed by atoms with van der Waals surface area (Å²) in [5, 5.41) is 16.9. The fourth-order valence-corrected chi connectivity index (χ4v) is 19.7. The van der Waals surface area contributed by atoms with Crippen LogP contribution in [0.3, 0.4) is 0 Å². The van der Waals surface area contributed by atoms with E-state index in [1.807, 2.05) is 104 Å². The summed E-state index contributed by atoms with van der Waals surface area (Å²) in [6.45, 7) is 0. The average molecular weight is 1660 g/mol. The van der Waals surface area contributed by atoms with Crippen molar-refractivity contribution < 1.29 is 0 Å². The lowest BCUT2D eigenvalue weighted by Crippen LogP contribution is -2.06. The maximum atomic E-state index is 5.08. The van der Waals surface area contributed by atoms with Gasteiger partial charge in [0.15, 0.2) is 11.6 Å². The number of hydrogen-bond acceptors (Lipinski definition) is 6. The van der Waals surface area contributed by atoms with Gasteiger partial charge in [0.05, 0.1) is 72.4 Å². The molecule has 0 amide bonds. The second kappa shape index (κ2) is 31.2. The molecule has 10 heterocycles. The Labute approximate surface area is 746 Å². The summed E-state index contributed by atoms with van der Waals surface area (Å²) >= 11 is 0. The Balaban J connectivity index is 0.000000106. The molecular weight excluding hydrogens is 1590 g/mol. The molecule has 27 rings (SSSR count). The number of aromatic nitrogens is 12. The Morgan fingerprint density at radius 1 is 0.146 bits per heavy atom. The number of para-hydroxylation sites is 7. The highest BCUT2D eigenvalue weighted by Crippen LogP contribution is 2.44. The van der Waals surface area contributed by atoms with Crippen molar-refractivity contribution in [3.63, 3.8) is 0 Å². The quantitative estimate of drug-likeness (QED) is 0.128. The van der Waals surface area contributed by atoms with Gasteiger partial charge in [-0.05, 0) is 214 Å². The first-order chi connectivity index (χ1) is 64.5. The number of benzene rings is 17. The molecule has 17 aromatic carbocycles. The zero-order valence-electron chi connectivity index (χ0n) is 70.2. The lowest BCUT2D eigenvalue weighted by molar-refractivity contribution is 0.953. The first kappa shape index (κ1) is 74.8. The van der Waals surface area contributed by atoms with Crippen molar-refractivity contribution in [1.29, 1.82) is 0 Å². The SMILES string of the molecule is c1ccc(-c2nc(-c3ccccc3)nc(-n3c4ccccc4c4cc(-c5ccc6c(c5)c5ccncc5n6-c5ccccc5)ccc43)n2)cc1.c1ccc(-n2c3ccccc3c3cc(-c4ccc5c(c4)c4cnccc4n5-c4ccccc4)ccc32)cc1.c1ccc(-n2c3ccncc3c3cc(-c4ccc5c(c4)c4ccccc4n5-c4ccc5ccccc5c4)ccc32)cc1. The molecule has 0 fully saturated rings. The molecule has 130 heavy (non-hydrogen) atoms. The molecular formula is C118H76N12. The third-order valence-corrected chi connectivity index (χ3v) is 25.7. The normalized spacial score (nSPS) is 11.7. The van der Waals surface area contributed by atoms with Gasteiger partial charge in [0.1, 0.15) is 0 Å². The molecule has 0 spiro atoms. The highest BCUT2D eigenvalue weighted by atomic mass is 15.2. The van der Waals surface area contributed by atoms with Gasteiger partial charge in [0, 0.05) is 135 Å². The molecule has 608 valence electrons. The summed E-state index contributed by atoms with van der Waals surface area (Å²) in [5.74, 6) is 1.85. The zero-order valence-corrected chi connectivity index (χ0v) is 70.2. The Morgan fingerprint density at radius 3 is 0.815 bits per heavy atom. The molecule has 27 aromatic rings. The lowest BCUT2D eigenvalue weighted by atomic mass is 10.0. The van der Waals surface area contributed by atoms with Crippen LogP contribution in [-0.4, -0.2) is 57.3 Å². The van der Waals surface area contributed by atoms with Crippen LogP contribution in [-0.2, 0) is 0 Å². The molecule has 0 unspecified atom stereocenters. The fourth-order valence-electron chi connectivity index (χ4n) is 19.7. The van der Waals surface area contributed by atoms with Gasteiger partial charge in [0.2, 0.25) is 5.95 Å². The molecule has 0 saturated carbocycles. The van der Waals surface area contributed by atoms with E-state index in [9.17, 15) is 0 Å². The van der Waals surface area contributed by atoms with Gasteiger partial charge in [-0.15, -0.1) is 0 Å². The Morgan fingerprint density at radius 2 is 0.423 bits per heavy atom. The molecule has 0 radical (unpaired) electrons. The van der Waals surface area contributed by atoms with E-state index in [1.54, 1.807) is 0 Å². The van der Waals surface area contributed by atoms with E-state index in [2.05, 4.69) is 400 Å². The monoisotopic (exact) mass is 1660 g/mol. The summed E-state index contributed by atoms with van der Waals surface area (Å²) in [6.07, 6.45) is 11.5. The van der Waals surface area contributed by atoms with Gasteiger partial charge < -0.3 is 22.8 Å². The fraction of sp³-hybridized carbons (Fsp3) is 0. The van der Waals surface area contributed by atoms with E-state index in [0.29, 0.717) is 17.6 Å². The van der Waals surface area contributed by atoms with Gasteiger partial charge in [-0.3, -0.25) is 19.5 Å². The Hall–Kier alpha value is -17.7. The molecule has 0 aliphatic carbocycles. The van der Waals surface area contributed by atoms with Crippen LogP contribution in [0.2, 0.25) is 0 Å². The third kappa shape index (κ3) is 12.7. The predicted octanol–water partition coefficient (Wildman–Crippen LogP) is 29.5. The molecule has 0 N–H and O–H groups in total. The van der Waals surface area contributed by atoms with Crippen molar-refractivity contribution >= 4 is 142 Å². The average Bonchev–Trinajstić information content (AvgIpc) is 1.58. The molecule has 0 atom stereocenters. The number of pyridine rings is 3. The molecule has 12 nitrogen and oxygen atoms in total. The van der Waals surface area contributed by atoms with E-state index in [-0.39, 0.29) is 0 Å². The Bertz CT molecular complexity index is 8890. The lowest BCUT2D eigenvalue weighted by Gasteiger charge is -2.11. The second-order valence-electron chi connectivity index (χ2n) is 33.0. The number of nitrogens with zero attached hydrogens (tertiary/aromatic N) is 12. The van der Waals surface area contributed by atoms with Crippen LogP contribution in [0.25, 0.3) is 232 Å². The molecule has 0 aliphatic heterocycles. The van der Waals surface area contributed by atoms with Crippen LogP contribution < -0.4 is 0 Å². The molecule has 12 heteroatoms. The van der Waals surface area contributed by atoms with Gasteiger partial charge in [0.25, 0.3) is 0 Å². The van der Waals surface area contributed by atoms with Gasteiger partial charge >= 0.3 is 0 Å². The predicted molar refractivity (Wildman–Crippen MR) is 537 cm³/mol. The van der Waals surface area contributed by atoms with E-state index in [4.69, 9.17) is 15.0 Å². The van der Waals surface area contributed by atoms with E-state index in [1.165, 1.54) is 126 Å². The summed E-state index contributed by atoms with van der Waals surface area (Å²) in [5.41, 5.74) is 28.6. The second-order valence-corrected chi connectivity index (χ2v) is 33.0. The minimum atomic E-state index is 0.584. The van der Waals surface area contributed by atoms with E-state index >= 15 is 0 Å². The minimum absolute atomic E-state index is 0.584. The molecule has 0 aliphatic rings. The van der Waals surface area contributed by atoms with Crippen LogP contribution in [0.4, 0.5) is 0 Å². The summed E-state index contributed by atoms with van der Waals surface area (Å²) in [4.78, 5) is 28.5. The van der Waals surface area contributed by atoms with E-state index in [0.717, 1.165) is 88.4 Å². The maximum Gasteiger partial charge on any atom is 0.238 e. The summed E-state index contributed by atoms with van der Waals surface area (Å²) in [6, 6.07) is 151. The Kier molecular flexibility index (Phi) is 18.0. The van der Waals surface area contributed by atoms with Gasteiger partial charge in [-0.25, -0.2) is 4.98 Å². The van der Waals surface area contributed by atoms with Crippen molar-refractivity contribution in [3.05, 3.63) is 462 Å². The van der Waals surface area contributed by atoms with Crippen molar-refractivity contribution in [3.8, 4) is 90.5 Å². The van der Waals surface area contributed by atoms with Crippen molar-refractivity contribution in [1.82, 2.24) is 57.3 Å². The molecule has 0 saturated heterocycles. The number of rotatable bonds is 11. The van der Waals surface area contributed by atoms with Crippen LogP contribution >= 0.6 is 0 Å². The highest BCUT2D eigenvalue weighted by molar-refractivity contribution is 6.17. The first-order valence-corrected chi connectivity index (χ1v) is 43.8. The standard InChI is InChI=1S/C44H28N6.C39H25N3.C35H23N3/c1-4-12-29(13-5-1)42-46-43(30-14-6-2-7-15-30)48-44(47-42)50-38-19-11-10-18-34(38)36-26-32(21-23-40(36)50)31-20-22-39-37(27-31)35-24-25-45-28-41(35)49(39)33-16-8-3-9-17-33;1-2-10-30(11-3-1)41-38-19-16-29(24-34(38)35-25-40-21-20-39(35)41)28-15-18-37-33(23-28)32-12-6-7-13-36(32)42(37)31-17-14-26-8-4-5-9-27(26)22-31;1-3-9-26(10-4-1)37-32-14-8-7-13-28(32)29-21-24(15-17-33(29)37)25-16-18-34-30(22-25)31-23-36-20-19-35(31)38(34)27-11-5-2-6-12-27/h1-28H;1-25H;1-23H. The van der Waals surface area contributed by atoms with Crippen molar-refractivity contribution in [2.24, 2.45) is 0 Å². The topological polar surface area (TPSA) is 107 Å². The van der Waals surface area contributed by atoms with Gasteiger partial charge in [-0.1, -0.05) is 255 Å². The zero-order chi connectivity index (χ0) is 85.7. The van der Waals surface area contributed by atoms with Crippen LogP contribution in [0, 0.1) is 0 Å². The largest absolute Gasteiger partial charge is 0.309 e.